The monoisotopic (exact) mass is 263 g/mol. The van der Waals surface area contributed by atoms with E-state index in [-0.39, 0.29) is 5.69 Å². The van der Waals surface area contributed by atoms with E-state index >= 15 is 0 Å². The molecule has 0 aliphatic heterocycles. The normalized spacial score (nSPS) is 10.3. The Morgan fingerprint density at radius 3 is 2.50 bits per heavy atom. The van der Waals surface area contributed by atoms with Crippen LogP contribution in [0.15, 0.2) is 30.3 Å². The van der Waals surface area contributed by atoms with E-state index in [1.54, 1.807) is 18.2 Å². The first-order valence-corrected chi connectivity index (χ1v) is 5.76. The summed E-state index contributed by atoms with van der Waals surface area (Å²) in [5.74, 6) is 0.481. The maximum Gasteiger partial charge on any atom is 0.269 e. The second kappa shape index (κ2) is 5.10. The number of nitrogens with zero attached hydrogens (tertiary/aromatic N) is 3. The highest BCUT2D eigenvalue weighted by Crippen LogP contribution is 2.21. The second-order valence-electron chi connectivity index (χ2n) is 3.66. The number of hydrogen-bond acceptors (Lipinski definition) is 4. The number of hydrogen-bond donors (Lipinski definition) is 0. The van der Waals surface area contributed by atoms with E-state index in [9.17, 15) is 10.1 Å². The van der Waals surface area contributed by atoms with Crippen LogP contribution in [0.5, 0.6) is 0 Å². The molecule has 0 fully saturated rings. The van der Waals surface area contributed by atoms with Crippen LogP contribution in [-0.2, 0) is 6.42 Å². The average Bonchev–Trinajstić information content (AvgIpc) is 2.38. The van der Waals surface area contributed by atoms with Crippen LogP contribution in [0.4, 0.5) is 5.69 Å². The highest BCUT2D eigenvalue weighted by Gasteiger charge is 2.08. The molecule has 18 heavy (non-hydrogen) atoms. The van der Waals surface area contributed by atoms with Crippen LogP contribution in [0.25, 0.3) is 11.4 Å². The number of halogens is 1. The van der Waals surface area contributed by atoms with E-state index in [0.29, 0.717) is 16.5 Å². The van der Waals surface area contributed by atoms with Crippen molar-refractivity contribution < 1.29 is 4.92 Å². The highest BCUT2D eigenvalue weighted by molar-refractivity contribution is 6.29. The molecule has 0 saturated heterocycles. The summed E-state index contributed by atoms with van der Waals surface area (Å²) in [5, 5.41) is 10.9. The molecule has 1 heterocycles. The number of nitro groups is 1. The number of non-ortho nitro benzene ring substituents is 1. The minimum Gasteiger partial charge on any atom is -0.258 e. The maximum atomic E-state index is 10.6. The summed E-state index contributed by atoms with van der Waals surface area (Å²) in [6.07, 6.45) is 0.752. The van der Waals surface area contributed by atoms with Crippen molar-refractivity contribution in [3.8, 4) is 11.4 Å². The van der Waals surface area contributed by atoms with Gasteiger partial charge in [0.2, 0.25) is 0 Å². The third kappa shape index (κ3) is 2.62. The molecule has 0 aliphatic rings. The molecular weight excluding hydrogens is 254 g/mol. The van der Waals surface area contributed by atoms with Crippen LogP contribution in [-0.4, -0.2) is 14.9 Å². The van der Waals surface area contributed by atoms with Gasteiger partial charge in [0.1, 0.15) is 5.15 Å². The third-order valence-electron chi connectivity index (χ3n) is 2.45. The first-order chi connectivity index (χ1) is 8.60. The van der Waals surface area contributed by atoms with Crippen molar-refractivity contribution in [2.24, 2.45) is 0 Å². The van der Waals surface area contributed by atoms with E-state index in [1.165, 1.54) is 12.1 Å². The minimum absolute atomic E-state index is 0.0384. The summed E-state index contributed by atoms with van der Waals surface area (Å²) < 4.78 is 0. The Balaban J connectivity index is 2.42. The second-order valence-corrected chi connectivity index (χ2v) is 4.05. The molecule has 6 heteroatoms. The molecule has 0 unspecified atom stereocenters. The van der Waals surface area contributed by atoms with Crippen molar-refractivity contribution in [3.63, 3.8) is 0 Å². The van der Waals surface area contributed by atoms with Gasteiger partial charge >= 0.3 is 0 Å². The minimum atomic E-state index is -0.444. The molecule has 92 valence electrons. The van der Waals surface area contributed by atoms with Crippen LogP contribution < -0.4 is 0 Å². The fraction of sp³-hybridized carbons (Fsp3) is 0.167. The number of benzene rings is 1. The summed E-state index contributed by atoms with van der Waals surface area (Å²) >= 11 is 5.90. The first kappa shape index (κ1) is 12.4. The molecule has 0 aliphatic carbocycles. The molecule has 5 nitrogen and oxygen atoms in total. The van der Waals surface area contributed by atoms with Crippen molar-refractivity contribution in [2.75, 3.05) is 0 Å². The molecule has 2 aromatic rings. The molecule has 0 bridgehead atoms. The predicted octanol–water partition coefficient (Wildman–Crippen LogP) is 3.27. The quantitative estimate of drug-likeness (QED) is 0.484. The van der Waals surface area contributed by atoms with Gasteiger partial charge in [0.05, 0.1) is 4.92 Å². The molecule has 1 aromatic carbocycles. The van der Waals surface area contributed by atoms with E-state index in [0.717, 1.165) is 12.1 Å². The molecule has 1 aromatic heterocycles. The van der Waals surface area contributed by atoms with Crippen molar-refractivity contribution in [3.05, 3.63) is 51.3 Å². The van der Waals surface area contributed by atoms with Crippen LogP contribution in [0.1, 0.15) is 12.6 Å². The van der Waals surface area contributed by atoms with Gasteiger partial charge in [0.25, 0.3) is 5.69 Å². The standard InChI is InChI=1S/C12H10ClN3O2/c1-2-9-7-11(13)15-12(14-9)8-3-5-10(6-4-8)16(17)18/h3-7H,2H2,1H3. The predicted molar refractivity (Wildman–Crippen MR) is 68.5 cm³/mol. The lowest BCUT2D eigenvalue weighted by Crippen LogP contribution is -1.95. The topological polar surface area (TPSA) is 68.9 Å². The Hall–Kier alpha value is -2.01. The van der Waals surface area contributed by atoms with Gasteiger partial charge in [-0.25, -0.2) is 9.97 Å². The van der Waals surface area contributed by atoms with Gasteiger partial charge in [-0.15, -0.1) is 0 Å². The average molecular weight is 264 g/mol. The Morgan fingerprint density at radius 2 is 1.94 bits per heavy atom. The number of nitro benzene ring substituents is 1. The molecule has 2 rings (SSSR count). The third-order valence-corrected chi connectivity index (χ3v) is 2.64. The highest BCUT2D eigenvalue weighted by atomic mass is 35.5. The van der Waals surface area contributed by atoms with Crippen molar-refractivity contribution in [1.29, 1.82) is 0 Å². The zero-order valence-corrected chi connectivity index (χ0v) is 10.4. The lowest BCUT2D eigenvalue weighted by atomic mass is 10.2. The van der Waals surface area contributed by atoms with Crippen molar-refractivity contribution >= 4 is 17.3 Å². The van der Waals surface area contributed by atoms with Gasteiger partial charge in [-0.3, -0.25) is 10.1 Å². The summed E-state index contributed by atoms with van der Waals surface area (Å²) in [7, 11) is 0. The van der Waals surface area contributed by atoms with Crippen molar-refractivity contribution in [2.45, 2.75) is 13.3 Å². The van der Waals surface area contributed by atoms with Gasteiger partial charge in [-0.1, -0.05) is 18.5 Å². The number of aromatic nitrogens is 2. The molecule has 0 saturated carbocycles. The lowest BCUT2D eigenvalue weighted by molar-refractivity contribution is -0.384. The largest absolute Gasteiger partial charge is 0.269 e. The fourth-order valence-electron chi connectivity index (χ4n) is 1.51. The molecule has 0 spiro atoms. The number of aryl methyl sites for hydroxylation is 1. The molecule has 0 atom stereocenters. The summed E-state index contributed by atoms with van der Waals surface area (Å²) in [6, 6.07) is 7.78. The number of rotatable bonds is 3. The van der Waals surface area contributed by atoms with E-state index in [2.05, 4.69) is 9.97 Å². The van der Waals surface area contributed by atoms with E-state index in [1.807, 2.05) is 6.92 Å². The van der Waals surface area contributed by atoms with Crippen LogP contribution in [0.2, 0.25) is 5.15 Å². The van der Waals surface area contributed by atoms with Crippen LogP contribution in [0, 0.1) is 10.1 Å². The molecule has 0 amide bonds. The smallest absolute Gasteiger partial charge is 0.258 e. The summed E-state index contributed by atoms with van der Waals surface area (Å²) in [4.78, 5) is 18.6. The van der Waals surface area contributed by atoms with Gasteiger partial charge in [0, 0.05) is 23.4 Å². The SMILES string of the molecule is CCc1cc(Cl)nc(-c2ccc([N+](=O)[O-])cc2)n1. The molecular formula is C12H10ClN3O2. The Bertz CT molecular complexity index is 584. The zero-order chi connectivity index (χ0) is 13.1. The van der Waals surface area contributed by atoms with Crippen LogP contribution >= 0.6 is 11.6 Å². The molecule has 0 radical (unpaired) electrons. The van der Waals surface area contributed by atoms with Gasteiger partial charge in [0.15, 0.2) is 5.82 Å². The van der Waals surface area contributed by atoms with Crippen molar-refractivity contribution in [1.82, 2.24) is 9.97 Å². The van der Waals surface area contributed by atoms with E-state index in [4.69, 9.17) is 11.6 Å². The Labute approximate surface area is 109 Å². The van der Waals surface area contributed by atoms with E-state index < -0.39 is 4.92 Å². The Kier molecular flexibility index (Phi) is 3.53. The van der Waals surface area contributed by atoms with Gasteiger partial charge in [-0.05, 0) is 24.6 Å². The summed E-state index contributed by atoms with van der Waals surface area (Å²) in [6.45, 7) is 1.97. The lowest BCUT2D eigenvalue weighted by Gasteiger charge is -2.03. The van der Waals surface area contributed by atoms with Gasteiger partial charge in [-0.2, -0.15) is 0 Å². The fourth-order valence-corrected chi connectivity index (χ4v) is 1.71. The maximum absolute atomic E-state index is 10.6. The Morgan fingerprint density at radius 1 is 1.28 bits per heavy atom. The van der Waals surface area contributed by atoms with Gasteiger partial charge < -0.3 is 0 Å². The van der Waals surface area contributed by atoms with Crippen LogP contribution in [0.3, 0.4) is 0 Å². The zero-order valence-electron chi connectivity index (χ0n) is 9.63. The summed E-state index contributed by atoms with van der Waals surface area (Å²) in [5.41, 5.74) is 1.58. The first-order valence-electron chi connectivity index (χ1n) is 5.38. The molecule has 0 N–H and O–H groups in total.